The lowest BCUT2D eigenvalue weighted by Gasteiger charge is -2.36. The van der Waals surface area contributed by atoms with Gasteiger partial charge < -0.3 is 15.4 Å². The minimum absolute atomic E-state index is 0.293. The molecule has 1 saturated carbocycles. The van der Waals surface area contributed by atoms with E-state index in [9.17, 15) is 0 Å². The van der Waals surface area contributed by atoms with Gasteiger partial charge in [-0.1, -0.05) is 32.1 Å². The van der Waals surface area contributed by atoms with E-state index in [1.54, 1.807) is 0 Å². The summed E-state index contributed by atoms with van der Waals surface area (Å²) in [5.41, 5.74) is 0. The van der Waals surface area contributed by atoms with Gasteiger partial charge in [0.1, 0.15) is 0 Å². The maximum Gasteiger partial charge on any atom is 0.191 e. The van der Waals surface area contributed by atoms with Gasteiger partial charge in [-0.15, -0.1) is 0 Å². The van der Waals surface area contributed by atoms with Crippen LogP contribution in [-0.2, 0) is 4.74 Å². The molecule has 1 saturated heterocycles. The van der Waals surface area contributed by atoms with Crippen molar-refractivity contribution in [3.8, 4) is 0 Å². The molecule has 0 aromatic rings. The summed E-state index contributed by atoms with van der Waals surface area (Å²) in [6.45, 7) is 5.01. The summed E-state index contributed by atoms with van der Waals surface area (Å²) in [7, 11) is 1.87. The Balaban J connectivity index is 1.70. The number of aliphatic imine (C=N–C) groups is 1. The van der Waals surface area contributed by atoms with Crippen LogP contribution < -0.4 is 10.6 Å². The number of guanidine groups is 1. The molecule has 0 spiro atoms. The van der Waals surface area contributed by atoms with Gasteiger partial charge >= 0.3 is 0 Å². The van der Waals surface area contributed by atoms with Crippen LogP contribution in [0, 0.1) is 5.92 Å². The molecule has 24 heavy (non-hydrogen) atoms. The summed E-state index contributed by atoms with van der Waals surface area (Å²) in [5, 5.41) is 7.15. The zero-order valence-corrected chi connectivity index (χ0v) is 16.7. The molecule has 2 aliphatic rings. The fourth-order valence-corrected chi connectivity index (χ4v) is 4.69. The van der Waals surface area contributed by atoms with Gasteiger partial charge in [0.05, 0.1) is 0 Å². The Kier molecular flexibility index (Phi) is 8.74. The number of nitrogens with one attached hydrogen (secondary N) is 2. The topological polar surface area (TPSA) is 45.7 Å². The highest BCUT2D eigenvalue weighted by molar-refractivity contribution is 8.00. The van der Waals surface area contributed by atoms with E-state index in [4.69, 9.17) is 4.74 Å². The summed E-state index contributed by atoms with van der Waals surface area (Å²) in [5.74, 6) is 1.91. The number of hydrogen-bond donors (Lipinski definition) is 2. The maximum atomic E-state index is 5.53. The van der Waals surface area contributed by atoms with Crippen LogP contribution >= 0.6 is 11.8 Å². The average molecular weight is 356 g/mol. The van der Waals surface area contributed by atoms with E-state index in [0.29, 0.717) is 10.8 Å². The van der Waals surface area contributed by atoms with Crippen molar-refractivity contribution < 1.29 is 4.74 Å². The van der Waals surface area contributed by atoms with Crippen molar-refractivity contribution in [2.24, 2.45) is 10.9 Å². The first kappa shape index (κ1) is 19.9. The van der Waals surface area contributed by atoms with Crippen molar-refractivity contribution in [1.82, 2.24) is 10.6 Å². The lowest BCUT2D eigenvalue weighted by molar-refractivity contribution is 0.0782. The zero-order valence-electron chi connectivity index (χ0n) is 15.9. The van der Waals surface area contributed by atoms with E-state index >= 15 is 0 Å². The van der Waals surface area contributed by atoms with Crippen molar-refractivity contribution in [2.75, 3.05) is 33.1 Å². The van der Waals surface area contributed by atoms with E-state index in [-0.39, 0.29) is 0 Å². The predicted octanol–water partition coefficient (Wildman–Crippen LogP) is 3.81. The van der Waals surface area contributed by atoms with Crippen molar-refractivity contribution >= 4 is 17.7 Å². The third kappa shape index (κ3) is 6.47. The number of rotatable bonds is 7. The third-order valence-electron chi connectivity index (χ3n) is 5.75. The first-order valence-corrected chi connectivity index (χ1v) is 11.0. The van der Waals surface area contributed by atoms with Crippen LogP contribution in [0.25, 0.3) is 0 Å². The van der Waals surface area contributed by atoms with Crippen LogP contribution in [0.5, 0.6) is 0 Å². The Bertz CT molecular complexity index is 377. The fraction of sp³-hybridized carbons (Fsp3) is 0.947. The van der Waals surface area contributed by atoms with Crippen LogP contribution in [0.2, 0.25) is 0 Å². The number of hydrogen-bond acceptors (Lipinski definition) is 3. The summed E-state index contributed by atoms with van der Waals surface area (Å²) < 4.78 is 5.82. The molecule has 5 heteroatoms. The van der Waals surface area contributed by atoms with E-state index in [0.717, 1.165) is 44.5 Å². The third-order valence-corrected chi connectivity index (χ3v) is 7.17. The fourth-order valence-electron chi connectivity index (χ4n) is 3.90. The first-order valence-electron chi connectivity index (χ1n) is 9.77. The normalized spacial score (nSPS) is 23.7. The lowest BCUT2D eigenvalue weighted by Crippen LogP contribution is -2.49. The predicted molar refractivity (Wildman–Crippen MR) is 106 cm³/mol. The smallest absolute Gasteiger partial charge is 0.191 e. The molecule has 1 aliphatic carbocycles. The molecule has 1 heterocycles. The first-order chi connectivity index (χ1) is 11.7. The van der Waals surface area contributed by atoms with Crippen LogP contribution in [0.1, 0.15) is 64.7 Å². The number of thioether (sulfide) groups is 1. The van der Waals surface area contributed by atoms with Crippen LogP contribution in [0.15, 0.2) is 4.99 Å². The van der Waals surface area contributed by atoms with Crippen molar-refractivity contribution in [3.05, 3.63) is 0 Å². The molecule has 2 rings (SSSR count). The highest BCUT2D eigenvalue weighted by atomic mass is 32.2. The minimum atomic E-state index is 0.293. The molecule has 2 N–H and O–H groups in total. The second-order valence-electron chi connectivity index (χ2n) is 7.55. The molecule has 140 valence electrons. The van der Waals surface area contributed by atoms with Crippen LogP contribution in [0.3, 0.4) is 0 Å². The summed E-state index contributed by atoms with van der Waals surface area (Å²) in [6, 6.07) is 0.484. The lowest BCUT2D eigenvalue weighted by atomic mass is 9.85. The van der Waals surface area contributed by atoms with Gasteiger partial charge in [-0.25, -0.2) is 0 Å². The largest absolute Gasteiger partial charge is 0.381 e. The molecule has 0 amide bonds. The Morgan fingerprint density at radius 3 is 2.58 bits per heavy atom. The minimum Gasteiger partial charge on any atom is -0.381 e. The van der Waals surface area contributed by atoms with Gasteiger partial charge in [0.25, 0.3) is 0 Å². The van der Waals surface area contributed by atoms with Gasteiger partial charge in [-0.05, 0) is 44.8 Å². The van der Waals surface area contributed by atoms with Gasteiger partial charge in [0.2, 0.25) is 0 Å². The van der Waals surface area contributed by atoms with Gasteiger partial charge in [-0.3, -0.25) is 4.99 Å². The molecule has 1 aliphatic heterocycles. The second-order valence-corrected chi connectivity index (χ2v) is 8.83. The molecule has 2 fully saturated rings. The molecule has 0 bridgehead atoms. The molecule has 4 nitrogen and oxygen atoms in total. The molecule has 0 aromatic heterocycles. The SMILES string of the molecule is CN=C(NCC1(SC)CCOCC1)NC(C)CCC1CCCCC1. The molecule has 1 unspecified atom stereocenters. The van der Waals surface area contributed by atoms with E-state index in [1.165, 1.54) is 44.9 Å². The van der Waals surface area contributed by atoms with Gasteiger partial charge in [0.15, 0.2) is 5.96 Å². The number of nitrogens with zero attached hydrogens (tertiary/aromatic N) is 1. The van der Waals surface area contributed by atoms with Crippen molar-refractivity contribution in [3.63, 3.8) is 0 Å². The Hall–Kier alpha value is -0.420. The van der Waals surface area contributed by atoms with E-state index in [1.807, 2.05) is 18.8 Å². The molecule has 0 aromatic carbocycles. The molecule has 1 atom stereocenters. The van der Waals surface area contributed by atoms with Crippen molar-refractivity contribution in [2.45, 2.75) is 75.5 Å². The Morgan fingerprint density at radius 1 is 1.25 bits per heavy atom. The average Bonchev–Trinajstić information content (AvgIpc) is 2.65. The van der Waals surface area contributed by atoms with Gasteiger partial charge in [0, 0.05) is 37.6 Å². The Labute approximate surface area is 153 Å². The number of ether oxygens (including phenoxy) is 1. The second kappa shape index (κ2) is 10.5. The highest BCUT2D eigenvalue weighted by Crippen LogP contribution is 2.33. The monoisotopic (exact) mass is 355 g/mol. The van der Waals surface area contributed by atoms with E-state index < -0.39 is 0 Å². The highest BCUT2D eigenvalue weighted by Gasteiger charge is 2.31. The molecule has 0 radical (unpaired) electrons. The Morgan fingerprint density at radius 2 is 1.96 bits per heavy atom. The quantitative estimate of drug-likeness (QED) is 0.538. The van der Waals surface area contributed by atoms with E-state index in [2.05, 4.69) is 28.8 Å². The standard InChI is InChI=1S/C19H37N3OS/c1-16(9-10-17-7-5-4-6-8-17)22-18(20-2)21-15-19(24-3)11-13-23-14-12-19/h16-17H,4-15H2,1-3H3,(H2,20,21,22). The molecular weight excluding hydrogens is 318 g/mol. The van der Waals surface area contributed by atoms with Crippen LogP contribution in [0.4, 0.5) is 0 Å². The zero-order chi connectivity index (χ0) is 17.3. The molecular formula is C19H37N3OS. The summed E-state index contributed by atoms with van der Waals surface area (Å²) in [6.07, 6.45) is 14.3. The van der Waals surface area contributed by atoms with Gasteiger partial charge in [-0.2, -0.15) is 11.8 Å². The maximum absolute atomic E-state index is 5.53. The summed E-state index contributed by atoms with van der Waals surface area (Å²) in [4.78, 5) is 4.43. The summed E-state index contributed by atoms with van der Waals surface area (Å²) >= 11 is 1.97. The van der Waals surface area contributed by atoms with Crippen molar-refractivity contribution in [1.29, 1.82) is 0 Å². The van der Waals surface area contributed by atoms with Crippen LogP contribution in [-0.4, -0.2) is 49.8 Å².